The molecule has 0 aliphatic rings. The number of rotatable bonds is 4. The summed E-state index contributed by atoms with van der Waals surface area (Å²) >= 11 is 11.8. The molecule has 0 aliphatic heterocycles. The SMILES string of the molecule is Cc1cc(CN(C)C(C)CCl)ccc1Cl. The second-order valence-corrected chi connectivity index (χ2v) is 4.72. The normalized spacial score (nSPS) is 13.2. The summed E-state index contributed by atoms with van der Waals surface area (Å²) in [6, 6.07) is 6.53. The van der Waals surface area contributed by atoms with E-state index >= 15 is 0 Å². The summed E-state index contributed by atoms with van der Waals surface area (Å²) < 4.78 is 0. The Balaban J connectivity index is 2.68. The van der Waals surface area contributed by atoms with E-state index in [9.17, 15) is 0 Å². The van der Waals surface area contributed by atoms with Crippen LogP contribution < -0.4 is 0 Å². The van der Waals surface area contributed by atoms with E-state index in [-0.39, 0.29) is 0 Å². The van der Waals surface area contributed by atoms with Gasteiger partial charge in [-0.2, -0.15) is 0 Å². The van der Waals surface area contributed by atoms with Crippen molar-refractivity contribution in [1.29, 1.82) is 0 Å². The van der Waals surface area contributed by atoms with Gasteiger partial charge in [-0.05, 0) is 38.1 Å². The highest BCUT2D eigenvalue weighted by molar-refractivity contribution is 6.31. The third kappa shape index (κ3) is 3.67. The predicted molar refractivity (Wildman–Crippen MR) is 67.8 cm³/mol. The molecule has 1 atom stereocenters. The fraction of sp³-hybridized carbons (Fsp3) is 0.500. The number of nitrogens with zero attached hydrogens (tertiary/aromatic N) is 1. The lowest BCUT2D eigenvalue weighted by molar-refractivity contribution is 0.268. The lowest BCUT2D eigenvalue weighted by Gasteiger charge is -2.22. The van der Waals surface area contributed by atoms with Gasteiger partial charge in [0.1, 0.15) is 0 Å². The minimum atomic E-state index is 0.391. The molecule has 1 nitrogen and oxygen atoms in total. The van der Waals surface area contributed by atoms with Gasteiger partial charge in [-0.25, -0.2) is 0 Å². The van der Waals surface area contributed by atoms with Gasteiger partial charge in [0.15, 0.2) is 0 Å². The van der Waals surface area contributed by atoms with Crippen molar-refractivity contribution in [3.8, 4) is 0 Å². The van der Waals surface area contributed by atoms with Crippen molar-refractivity contribution in [3.63, 3.8) is 0 Å². The second-order valence-electron chi connectivity index (χ2n) is 4.00. The Morgan fingerprint density at radius 1 is 1.40 bits per heavy atom. The van der Waals surface area contributed by atoms with Crippen LogP contribution in [0.2, 0.25) is 5.02 Å². The maximum absolute atomic E-state index is 5.97. The van der Waals surface area contributed by atoms with Gasteiger partial charge in [0.25, 0.3) is 0 Å². The molecule has 0 spiro atoms. The van der Waals surface area contributed by atoms with Crippen LogP contribution >= 0.6 is 23.2 Å². The van der Waals surface area contributed by atoms with E-state index in [2.05, 4.69) is 31.0 Å². The number of alkyl halides is 1. The molecule has 0 amide bonds. The third-order valence-corrected chi connectivity index (χ3v) is 3.50. The Kier molecular flexibility index (Phi) is 4.91. The maximum Gasteiger partial charge on any atom is 0.0435 e. The minimum Gasteiger partial charge on any atom is -0.298 e. The van der Waals surface area contributed by atoms with E-state index in [0.29, 0.717) is 11.9 Å². The quantitative estimate of drug-likeness (QED) is 0.732. The zero-order chi connectivity index (χ0) is 11.4. The van der Waals surface area contributed by atoms with Gasteiger partial charge in [-0.1, -0.05) is 23.7 Å². The fourth-order valence-corrected chi connectivity index (χ4v) is 1.72. The average Bonchev–Trinajstić information content (AvgIpc) is 2.22. The molecular formula is C12H17Cl2N. The van der Waals surface area contributed by atoms with Crippen molar-refractivity contribution in [3.05, 3.63) is 34.3 Å². The fourth-order valence-electron chi connectivity index (χ4n) is 1.37. The van der Waals surface area contributed by atoms with Crippen LogP contribution in [0.15, 0.2) is 18.2 Å². The molecule has 1 aromatic rings. The van der Waals surface area contributed by atoms with Crippen molar-refractivity contribution < 1.29 is 0 Å². The van der Waals surface area contributed by atoms with E-state index in [0.717, 1.165) is 17.1 Å². The number of hydrogen-bond donors (Lipinski definition) is 0. The molecule has 0 saturated heterocycles. The Bertz CT molecular complexity index is 325. The van der Waals surface area contributed by atoms with Crippen LogP contribution in [0.5, 0.6) is 0 Å². The average molecular weight is 246 g/mol. The largest absolute Gasteiger partial charge is 0.298 e. The van der Waals surface area contributed by atoms with Gasteiger partial charge in [0, 0.05) is 23.5 Å². The summed E-state index contributed by atoms with van der Waals surface area (Å²) in [7, 11) is 2.08. The molecule has 1 aromatic carbocycles. The number of aryl methyl sites for hydroxylation is 1. The van der Waals surface area contributed by atoms with Crippen LogP contribution in [0.25, 0.3) is 0 Å². The Hall–Kier alpha value is -0.240. The molecule has 0 saturated carbocycles. The molecule has 15 heavy (non-hydrogen) atoms. The first kappa shape index (κ1) is 12.8. The van der Waals surface area contributed by atoms with E-state index in [1.807, 2.05) is 13.0 Å². The zero-order valence-corrected chi connectivity index (χ0v) is 10.9. The highest BCUT2D eigenvalue weighted by atomic mass is 35.5. The van der Waals surface area contributed by atoms with Gasteiger partial charge < -0.3 is 0 Å². The number of halogens is 2. The van der Waals surface area contributed by atoms with Crippen LogP contribution in [0.4, 0.5) is 0 Å². The molecule has 3 heteroatoms. The summed E-state index contributed by atoms with van der Waals surface area (Å²) in [6.07, 6.45) is 0. The van der Waals surface area contributed by atoms with Crippen molar-refractivity contribution in [2.24, 2.45) is 0 Å². The standard InChI is InChI=1S/C12H17Cl2N/c1-9-6-11(4-5-12(9)14)8-15(3)10(2)7-13/h4-6,10H,7-8H2,1-3H3. The van der Waals surface area contributed by atoms with Crippen molar-refractivity contribution in [2.45, 2.75) is 26.4 Å². The highest BCUT2D eigenvalue weighted by Crippen LogP contribution is 2.17. The van der Waals surface area contributed by atoms with Crippen LogP contribution in [-0.2, 0) is 6.54 Å². The topological polar surface area (TPSA) is 3.24 Å². The van der Waals surface area contributed by atoms with Crippen molar-refractivity contribution in [1.82, 2.24) is 4.90 Å². The van der Waals surface area contributed by atoms with E-state index in [1.165, 1.54) is 5.56 Å². The molecule has 0 fully saturated rings. The molecule has 84 valence electrons. The lowest BCUT2D eigenvalue weighted by atomic mass is 10.1. The smallest absolute Gasteiger partial charge is 0.0435 e. The van der Waals surface area contributed by atoms with E-state index in [1.54, 1.807) is 0 Å². The summed E-state index contributed by atoms with van der Waals surface area (Å²) in [5.41, 5.74) is 2.40. The van der Waals surface area contributed by atoms with Crippen molar-refractivity contribution in [2.75, 3.05) is 12.9 Å². The monoisotopic (exact) mass is 245 g/mol. The van der Waals surface area contributed by atoms with Crippen molar-refractivity contribution >= 4 is 23.2 Å². The molecular weight excluding hydrogens is 229 g/mol. The first-order chi connectivity index (χ1) is 7.04. The summed E-state index contributed by atoms with van der Waals surface area (Å²) in [5.74, 6) is 0.656. The zero-order valence-electron chi connectivity index (χ0n) is 9.43. The minimum absolute atomic E-state index is 0.391. The molecule has 0 aliphatic carbocycles. The van der Waals surface area contributed by atoms with Gasteiger partial charge in [-0.15, -0.1) is 11.6 Å². The Morgan fingerprint density at radius 3 is 2.60 bits per heavy atom. The first-order valence-corrected chi connectivity index (χ1v) is 5.97. The predicted octanol–water partition coefficient (Wildman–Crippen LogP) is 3.71. The molecule has 0 aromatic heterocycles. The summed E-state index contributed by atoms with van der Waals surface area (Å²) in [6.45, 7) is 5.05. The van der Waals surface area contributed by atoms with Gasteiger partial charge in [0.2, 0.25) is 0 Å². The molecule has 1 rings (SSSR count). The van der Waals surface area contributed by atoms with Gasteiger partial charge in [0.05, 0.1) is 0 Å². The van der Waals surface area contributed by atoms with E-state index < -0.39 is 0 Å². The molecule has 0 N–H and O–H groups in total. The van der Waals surface area contributed by atoms with Crippen LogP contribution in [-0.4, -0.2) is 23.9 Å². The first-order valence-electron chi connectivity index (χ1n) is 5.06. The van der Waals surface area contributed by atoms with Crippen LogP contribution in [0.3, 0.4) is 0 Å². The van der Waals surface area contributed by atoms with Crippen LogP contribution in [0, 0.1) is 6.92 Å². The molecule has 0 radical (unpaired) electrons. The van der Waals surface area contributed by atoms with Gasteiger partial charge in [-0.3, -0.25) is 4.90 Å². The van der Waals surface area contributed by atoms with Crippen LogP contribution in [0.1, 0.15) is 18.1 Å². The molecule has 0 bridgehead atoms. The Labute approximate surface area is 102 Å². The number of hydrogen-bond acceptors (Lipinski definition) is 1. The highest BCUT2D eigenvalue weighted by Gasteiger charge is 2.08. The van der Waals surface area contributed by atoms with E-state index in [4.69, 9.17) is 23.2 Å². The Morgan fingerprint density at radius 2 is 2.07 bits per heavy atom. The second kappa shape index (κ2) is 5.74. The lowest BCUT2D eigenvalue weighted by Crippen LogP contribution is -2.29. The maximum atomic E-state index is 5.97. The molecule has 0 heterocycles. The third-order valence-electron chi connectivity index (χ3n) is 2.63. The summed E-state index contributed by atoms with van der Waals surface area (Å²) in [5, 5.41) is 0.826. The molecule has 1 unspecified atom stereocenters. The number of benzene rings is 1. The van der Waals surface area contributed by atoms with Gasteiger partial charge >= 0.3 is 0 Å². The summed E-state index contributed by atoms with van der Waals surface area (Å²) in [4.78, 5) is 2.23.